The summed E-state index contributed by atoms with van der Waals surface area (Å²) in [6.45, 7) is 4.04. The van der Waals surface area contributed by atoms with Gasteiger partial charge in [0, 0.05) is 22.8 Å². The number of benzene rings is 4. The molecule has 5 heteroatoms. The number of aliphatic carboxylic acids is 1. The molecule has 0 aromatic heterocycles. The first-order chi connectivity index (χ1) is 17.4. The highest BCUT2D eigenvalue weighted by molar-refractivity contribution is 7.98. The third-order valence-corrected chi connectivity index (χ3v) is 7.69. The van der Waals surface area contributed by atoms with Crippen LogP contribution >= 0.6 is 11.8 Å². The Balaban J connectivity index is 1.56. The number of rotatable bonds is 10. The second-order valence-corrected chi connectivity index (χ2v) is 10.1. The summed E-state index contributed by atoms with van der Waals surface area (Å²) in [4.78, 5) is 25.7. The summed E-state index contributed by atoms with van der Waals surface area (Å²) in [7, 11) is 0. The summed E-state index contributed by atoms with van der Waals surface area (Å²) in [5, 5.41) is 14.4. The minimum Gasteiger partial charge on any atom is -0.481 e. The molecule has 184 valence electrons. The number of carboxylic acid groups (broad SMARTS) is 1. The lowest BCUT2D eigenvalue weighted by molar-refractivity contribution is -0.137. The number of carboxylic acids is 1. The summed E-state index contributed by atoms with van der Waals surface area (Å²) in [5.41, 5.74) is 5.06. The Bertz CT molecular complexity index is 1380. The number of thioether (sulfide) groups is 1. The number of carbonyl (C=O) groups excluding carboxylic acids is 1. The fourth-order valence-corrected chi connectivity index (χ4v) is 5.34. The molecule has 0 aliphatic rings. The molecule has 4 nitrogen and oxygen atoms in total. The molecule has 0 aliphatic heterocycles. The topological polar surface area (TPSA) is 66.4 Å². The molecule has 0 heterocycles. The van der Waals surface area contributed by atoms with E-state index in [0.29, 0.717) is 12.8 Å². The van der Waals surface area contributed by atoms with E-state index in [4.69, 9.17) is 5.11 Å². The Morgan fingerprint density at radius 2 is 1.69 bits per heavy atom. The second kappa shape index (κ2) is 11.9. The van der Waals surface area contributed by atoms with Crippen molar-refractivity contribution < 1.29 is 14.7 Å². The van der Waals surface area contributed by atoms with Crippen molar-refractivity contribution in [2.24, 2.45) is 0 Å². The number of amides is 1. The van der Waals surface area contributed by atoms with Crippen LogP contribution in [0.4, 0.5) is 5.69 Å². The quantitative estimate of drug-likeness (QED) is 0.222. The molecule has 1 atom stereocenters. The van der Waals surface area contributed by atoms with Crippen molar-refractivity contribution in [2.45, 2.75) is 49.7 Å². The van der Waals surface area contributed by atoms with Gasteiger partial charge >= 0.3 is 5.97 Å². The maximum atomic E-state index is 13.4. The Morgan fingerprint density at radius 3 is 2.50 bits per heavy atom. The van der Waals surface area contributed by atoms with Gasteiger partial charge in [0.15, 0.2) is 0 Å². The molecule has 0 fully saturated rings. The van der Waals surface area contributed by atoms with E-state index in [0.717, 1.165) is 38.9 Å². The zero-order valence-electron chi connectivity index (χ0n) is 20.7. The molecule has 0 bridgehead atoms. The number of fused-ring (bicyclic) bond motifs is 1. The molecule has 2 N–H and O–H groups in total. The zero-order chi connectivity index (χ0) is 25.5. The van der Waals surface area contributed by atoms with Crippen LogP contribution in [0.2, 0.25) is 0 Å². The average molecular weight is 498 g/mol. The van der Waals surface area contributed by atoms with Gasteiger partial charge in [0.25, 0.3) is 0 Å². The number of hydrogen-bond acceptors (Lipinski definition) is 3. The van der Waals surface area contributed by atoms with Crippen LogP contribution in [-0.2, 0) is 21.8 Å². The van der Waals surface area contributed by atoms with Crippen LogP contribution in [0.1, 0.15) is 47.9 Å². The van der Waals surface area contributed by atoms with E-state index in [9.17, 15) is 9.59 Å². The predicted octanol–water partition coefficient (Wildman–Crippen LogP) is 7.59. The highest BCUT2D eigenvalue weighted by Gasteiger charge is 2.19. The third-order valence-electron chi connectivity index (χ3n) is 6.44. The van der Waals surface area contributed by atoms with Gasteiger partial charge in [0.05, 0.1) is 5.92 Å². The summed E-state index contributed by atoms with van der Waals surface area (Å²) in [6.07, 6.45) is 1.22. The van der Waals surface area contributed by atoms with Gasteiger partial charge in [-0.15, -0.1) is 11.8 Å². The molecule has 4 aromatic rings. The highest BCUT2D eigenvalue weighted by atomic mass is 32.2. The van der Waals surface area contributed by atoms with E-state index in [1.807, 2.05) is 55.5 Å². The first-order valence-electron chi connectivity index (χ1n) is 12.2. The van der Waals surface area contributed by atoms with Gasteiger partial charge in [0.2, 0.25) is 5.91 Å². The maximum Gasteiger partial charge on any atom is 0.303 e. The van der Waals surface area contributed by atoms with Crippen molar-refractivity contribution in [3.63, 3.8) is 0 Å². The summed E-state index contributed by atoms with van der Waals surface area (Å²) in [5.74, 6) is -0.443. The van der Waals surface area contributed by atoms with Crippen LogP contribution in [0.3, 0.4) is 0 Å². The summed E-state index contributed by atoms with van der Waals surface area (Å²) < 4.78 is 0. The minimum absolute atomic E-state index is 0.0745. The molecule has 0 radical (unpaired) electrons. The zero-order valence-corrected chi connectivity index (χ0v) is 21.5. The lowest BCUT2D eigenvalue weighted by Crippen LogP contribution is -2.20. The van der Waals surface area contributed by atoms with Crippen LogP contribution in [0, 0.1) is 6.92 Å². The summed E-state index contributed by atoms with van der Waals surface area (Å²) >= 11 is 1.77. The fourth-order valence-electron chi connectivity index (χ4n) is 4.37. The fraction of sp³-hybridized carbons (Fsp3) is 0.226. The lowest BCUT2D eigenvalue weighted by atomic mass is 9.94. The summed E-state index contributed by atoms with van der Waals surface area (Å²) in [6, 6.07) is 28.6. The molecule has 36 heavy (non-hydrogen) atoms. The smallest absolute Gasteiger partial charge is 0.303 e. The normalized spacial score (nSPS) is 11.8. The van der Waals surface area contributed by atoms with Crippen LogP contribution in [0.5, 0.6) is 0 Å². The van der Waals surface area contributed by atoms with Crippen molar-refractivity contribution in [1.82, 2.24) is 0 Å². The Morgan fingerprint density at radius 1 is 0.944 bits per heavy atom. The Labute approximate surface area is 216 Å². The standard InChI is InChI=1S/C31H31NO3S/c1-21-9-3-6-15-29(21)36-20-23-17-18-25(12-8-16-30(33)34)28(19-23)32-31(35)22(2)26-14-7-11-24-10-4-5-13-27(24)26/h3-7,9-11,13-15,17-19,22H,8,12,16,20H2,1-2H3,(H,32,35)(H,33,34). The van der Waals surface area contributed by atoms with Gasteiger partial charge in [-0.25, -0.2) is 0 Å². The van der Waals surface area contributed by atoms with Gasteiger partial charge in [-0.3, -0.25) is 9.59 Å². The van der Waals surface area contributed by atoms with E-state index >= 15 is 0 Å². The van der Waals surface area contributed by atoms with Crippen LogP contribution in [0.15, 0.2) is 89.8 Å². The molecule has 0 spiro atoms. The number of aryl methyl sites for hydroxylation is 2. The number of nitrogens with one attached hydrogen (secondary N) is 1. The van der Waals surface area contributed by atoms with Gasteiger partial charge < -0.3 is 10.4 Å². The number of carbonyl (C=O) groups is 2. The Hall–Kier alpha value is -3.57. The van der Waals surface area contributed by atoms with E-state index in [2.05, 4.69) is 48.6 Å². The molecule has 0 aliphatic carbocycles. The second-order valence-electron chi connectivity index (χ2n) is 9.07. The predicted molar refractivity (Wildman–Crippen MR) is 149 cm³/mol. The lowest BCUT2D eigenvalue weighted by Gasteiger charge is -2.18. The molecule has 1 unspecified atom stereocenters. The van der Waals surface area contributed by atoms with Gasteiger partial charge in [-0.05, 0) is 71.8 Å². The third kappa shape index (κ3) is 6.35. The van der Waals surface area contributed by atoms with Gasteiger partial charge in [-0.1, -0.05) is 72.8 Å². The highest BCUT2D eigenvalue weighted by Crippen LogP contribution is 2.30. The maximum absolute atomic E-state index is 13.4. The van der Waals surface area contributed by atoms with E-state index in [1.165, 1.54) is 10.5 Å². The largest absolute Gasteiger partial charge is 0.481 e. The van der Waals surface area contributed by atoms with E-state index in [-0.39, 0.29) is 18.2 Å². The van der Waals surface area contributed by atoms with Gasteiger partial charge in [0.1, 0.15) is 0 Å². The molecular formula is C31H31NO3S. The van der Waals surface area contributed by atoms with Crippen LogP contribution in [0.25, 0.3) is 10.8 Å². The molecule has 4 aromatic carbocycles. The van der Waals surface area contributed by atoms with Crippen LogP contribution in [-0.4, -0.2) is 17.0 Å². The molecular weight excluding hydrogens is 466 g/mol. The average Bonchev–Trinajstić information content (AvgIpc) is 2.88. The SMILES string of the molecule is Cc1ccccc1SCc1ccc(CCCC(=O)O)c(NC(=O)C(C)c2cccc3ccccc23)c1. The monoisotopic (exact) mass is 497 g/mol. The molecule has 0 saturated heterocycles. The Kier molecular flexibility index (Phi) is 8.44. The van der Waals surface area contributed by atoms with Crippen molar-refractivity contribution in [3.05, 3.63) is 107 Å². The number of hydrogen-bond donors (Lipinski definition) is 2. The van der Waals surface area contributed by atoms with Crippen molar-refractivity contribution >= 4 is 40.1 Å². The van der Waals surface area contributed by atoms with Crippen molar-refractivity contribution in [3.8, 4) is 0 Å². The van der Waals surface area contributed by atoms with Crippen LogP contribution < -0.4 is 5.32 Å². The molecule has 4 rings (SSSR count). The first kappa shape index (κ1) is 25.5. The molecule has 0 saturated carbocycles. The number of anilines is 1. The molecule has 1 amide bonds. The van der Waals surface area contributed by atoms with Crippen molar-refractivity contribution in [2.75, 3.05) is 5.32 Å². The van der Waals surface area contributed by atoms with Gasteiger partial charge in [-0.2, -0.15) is 0 Å². The first-order valence-corrected chi connectivity index (χ1v) is 13.2. The van der Waals surface area contributed by atoms with Crippen molar-refractivity contribution in [1.29, 1.82) is 0 Å². The van der Waals surface area contributed by atoms with E-state index in [1.54, 1.807) is 11.8 Å². The minimum atomic E-state index is -0.809. The van der Waals surface area contributed by atoms with E-state index < -0.39 is 5.97 Å².